The van der Waals surface area contributed by atoms with Crippen molar-refractivity contribution in [3.05, 3.63) is 75.3 Å². The highest BCUT2D eigenvalue weighted by Gasteiger charge is 2.07. The fourth-order valence-corrected chi connectivity index (χ4v) is 3.06. The van der Waals surface area contributed by atoms with Crippen LogP contribution in [0.15, 0.2) is 57.8 Å². The average Bonchev–Trinajstić information content (AvgIpc) is 3.17. The van der Waals surface area contributed by atoms with Crippen molar-refractivity contribution in [1.82, 2.24) is 10.2 Å². The van der Waals surface area contributed by atoms with Crippen LogP contribution in [0.4, 0.5) is 5.13 Å². The van der Waals surface area contributed by atoms with E-state index in [-0.39, 0.29) is 13.2 Å². The van der Waals surface area contributed by atoms with Crippen molar-refractivity contribution in [2.75, 3.05) is 5.73 Å². The summed E-state index contributed by atoms with van der Waals surface area (Å²) in [6.07, 6.45) is 0. The molecule has 0 bridgehead atoms. The highest BCUT2D eigenvalue weighted by molar-refractivity contribution is 7.98. The molecule has 0 aliphatic rings. The van der Waals surface area contributed by atoms with Gasteiger partial charge in [-0.2, -0.15) is 0 Å². The third kappa shape index (κ3) is 8.24. The van der Waals surface area contributed by atoms with Gasteiger partial charge in [-0.15, -0.1) is 32.9 Å². The van der Waals surface area contributed by atoms with E-state index in [4.69, 9.17) is 15.6 Å². The number of nitrogens with zero attached hydrogens (tertiary/aromatic N) is 3. The molecule has 0 fully saturated rings. The Labute approximate surface area is 185 Å². The Morgan fingerprint density at radius 1 is 1.17 bits per heavy atom. The van der Waals surface area contributed by atoms with Gasteiger partial charge < -0.3 is 15.3 Å². The van der Waals surface area contributed by atoms with Crippen molar-refractivity contribution in [2.45, 2.75) is 22.4 Å². The van der Waals surface area contributed by atoms with E-state index in [0.717, 1.165) is 22.4 Å². The second-order valence-corrected chi connectivity index (χ2v) is 7.87. The number of ether oxygens (including phenoxy) is 1. The molecule has 0 unspecified atom stereocenters. The fourth-order valence-electron chi connectivity index (χ4n) is 2.03. The monoisotopic (exact) mass is 467 g/mol. The molecule has 13 heteroatoms. The first kappa shape index (κ1) is 23.4. The number of hydrogen-bond acceptors (Lipinski definition) is 12. The largest absolute Gasteiger partial charge is 0.457 e. The second-order valence-electron chi connectivity index (χ2n) is 5.46. The van der Waals surface area contributed by atoms with E-state index in [1.165, 1.54) is 11.3 Å². The van der Waals surface area contributed by atoms with Gasteiger partial charge in [0.15, 0.2) is 4.34 Å². The minimum absolute atomic E-state index is 0.0771. The van der Waals surface area contributed by atoms with Crippen LogP contribution < -0.4 is 10.9 Å². The molecule has 0 aliphatic carbocycles. The number of carbonyl (C=O) groups is 1. The molecule has 1 heterocycles. The van der Waals surface area contributed by atoms with Crippen LogP contribution in [0.25, 0.3) is 0 Å². The first-order chi connectivity index (χ1) is 14.4. The lowest BCUT2D eigenvalue weighted by Crippen LogP contribution is -2.05. The summed E-state index contributed by atoms with van der Waals surface area (Å²) < 4.78 is 5.89. The van der Waals surface area contributed by atoms with Crippen LogP contribution in [0.3, 0.4) is 0 Å². The summed E-state index contributed by atoms with van der Waals surface area (Å²) in [6.45, 7) is -0.0635. The lowest BCUT2D eigenvalue weighted by Gasteiger charge is -2.07. The molecule has 0 atom stereocenters. The van der Waals surface area contributed by atoms with Crippen LogP contribution in [-0.2, 0) is 22.8 Å². The Morgan fingerprint density at radius 2 is 1.83 bits per heavy atom. The Hall–Kier alpha value is -2.87. The normalized spacial score (nSPS) is 9.93. The average molecular weight is 468 g/mol. The maximum atomic E-state index is 11.9. The van der Waals surface area contributed by atoms with Crippen LogP contribution in [0.2, 0.25) is 0 Å². The van der Waals surface area contributed by atoms with Gasteiger partial charge in [0.25, 0.3) is 5.09 Å². The zero-order valence-electron chi connectivity index (χ0n) is 15.3. The van der Waals surface area contributed by atoms with Gasteiger partial charge in [0.05, 0.1) is 5.56 Å². The number of nitrogen functional groups attached to an aromatic ring is 1. The van der Waals surface area contributed by atoms with Gasteiger partial charge >= 0.3 is 5.97 Å². The van der Waals surface area contributed by atoms with E-state index in [9.17, 15) is 14.9 Å². The van der Waals surface area contributed by atoms with Gasteiger partial charge in [0, 0.05) is 4.90 Å². The van der Waals surface area contributed by atoms with Crippen molar-refractivity contribution in [1.29, 1.82) is 0 Å². The molecular formula is C17H17N5O5S3. The quantitative estimate of drug-likeness (QED) is 0.155. The smallest absolute Gasteiger partial charge is 0.338 e. The van der Waals surface area contributed by atoms with Crippen LogP contribution >= 0.6 is 35.9 Å². The van der Waals surface area contributed by atoms with Gasteiger partial charge in [-0.3, -0.25) is 5.14 Å². The summed E-state index contributed by atoms with van der Waals surface area (Å²) in [5, 5.41) is 22.0. The summed E-state index contributed by atoms with van der Waals surface area (Å²) in [5.41, 5.74) is 7.02. The molecule has 2 aromatic carbocycles. The Balaban J connectivity index is 0.000000335. The number of hydrogen-bond donors (Lipinski definition) is 3. The maximum Gasteiger partial charge on any atom is 0.338 e. The molecule has 4 N–H and O–H groups in total. The summed E-state index contributed by atoms with van der Waals surface area (Å²) in [6, 6.07) is 13.5. The molecule has 3 rings (SSSR count). The van der Waals surface area contributed by atoms with Gasteiger partial charge in [-0.05, 0) is 47.3 Å². The first-order valence-corrected chi connectivity index (χ1v) is 10.3. The highest BCUT2D eigenvalue weighted by atomic mass is 32.2. The third-order valence-corrected chi connectivity index (χ3v) is 4.99. The number of carbonyl (C=O) groups excluding carboxylic acids is 1. The molecule has 1 aromatic heterocycles. The van der Waals surface area contributed by atoms with Crippen molar-refractivity contribution in [3.63, 3.8) is 0 Å². The Morgan fingerprint density at radius 3 is 2.37 bits per heavy atom. The highest BCUT2D eigenvalue weighted by Crippen LogP contribution is 2.18. The summed E-state index contributed by atoms with van der Waals surface area (Å²) in [7, 11) is 0. The predicted octanol–water partition coefficient (Wildman–Crippen LogP) is 3.13. The van der Waals surface area contributed by atoms with E-state index in [0.29, 0.717) is 20.6 Å². The molecule has 10 nitrogen and oxygen atoms in total. The van der Waals surface area contributed by atoms with E-state index in [1.807, 2.05) is 0 Å². The van der Waals surface area contributed by atoms with E-state index in [1.54, 1.807) is 48.5 Å². The number of thiol groups is 1. The number of anilines is 1. The molecular weight excluding hydrogens is 450 g/mol. The molecule has 0 saturated heterocycles. The SMILES string of the molecule is NSc1nnc(N)s1.O=C(OCc1cccc(CO[N+](=O)[O-])c1)c1ccc(S)cc1. The number of benzene rings is 2. The second kappa shape index (κ2) is 12.0. The molecule has 0 aliphatic heterocycles. The molecule has 30 heavy (non-hydrogen) atoms. The van der Waals surface area contributed by atoms with Crippen LogP contribution in [0.1, 0.15) is 21.5 Å². The third-order valence-electron chi connectivity index (χ3n) is 3.32. The molecule has 0 amide bonds. The van der Waals surface area contributed by atoms with Gasteiger partial charge in [-0.25, -0.2) is 4.79 Å². The summed E-state index contributed by atoms with van der Waals surface area (Å²) >= 11 is 6.48. The summed E-state index contributed by atoms with van der Waals surface area (Å²) in [5.74, 6) is -0.444. The predicted molar refractivity (Wildman–Crippen MR) is 115 cm³/mol. The fraction of sp³-hybridized carbons (Fsp3) is 0.118. The number of nitrogens with two attached hydrogens (primary N) is 2. The summed E-state index contributed by atoms with van der Waals surface area (Å²) in [4.78, 5) is 27.1. The molecule has 3 aromatic rings. The Bertz CT molecular complexity index is 984. The minimum Gasteiger partial charge on any atom is -0.457 e. The van der Waals surface area contributed by atoms with Crippen molar-refractivity contribution < 1.29 is 19.5 Å². The number of aromatic nitrogens is 2. The molecule has 0 spiro atoms. The van der Waals surface area contributed by atoms with Crippen LogP contribution in [0, 0.1) is 10.1 Å². The van der Waals surface area contributed by atoms with Gasteiger partial charge in [0.1, 0.15) is 13.2 Å². The van der Waals surface area contributed by atoms with E-state index in [2.05, 4.69) is 27.7 Å². The minimum atomic E-state index is -0.849. The van der Waals surface area contributed by atoms with Gasteiger partial charge in [-0.1, -0.05) is 35.6 Å². The standard InChI is InChI=1S/C15H13NO5S.C2H4N4S2/c17-15(13-4-6-14(22)7-5-13)20-9-11-2-1-3-12(8-11)10-21-16(18)19;3-1-5-6-2(7-1)8-4/h1-8,22H,9-10H2;4H2,(H2,3,5). The van der Waals surface area contributed by atoms with Crippen LogP contribution in [-0.4, -0.2) is 21.3 Å². The lowest BCUT2D eigenvalue weighted by molar-refractivity contribution is -0.763. The maximum absolute atomic E-state index is 11.9. The van der Waals surface area contributed by atoms with Crippen molar-refractivity contribution in [3.8, 4) is 0 Å². The van der Waals surface area contributed by atoms with Crippen LogP contribution in [0.5, 0.6) is 0 Å². The number of esters is 1. The number of rotatable bonds is 7. The van der Waals surface area contributed by atoms with Crippen molar-refractivity contribution >= 4 is 47.0 Å². The van der Waals surface area contributed by atoms with Gasteiger partial charge in [0.2, 0.25) is 5.13 Å². The Kier molecular flexibility index (Phi) is 9.34. The van der Waals surface area contributed by atoms with E-state index >= 15 is 0 Å². The van der Waals surface area contributed by atoms with E-state index < -0.39 is 11.1 Å². The molecule has 0 saturated carbocycles. The zero-order chi connectivity index (χ0) is 21.9. The first-order valence-electron chi connectivity index (χ1n) is 8.14. The van der Waals surface area contributed by atoms with Crippen molar-refractivity contribution in [2.24, 2.45) is 5.14 Å². The topological polar surface area (TPSA) is 156 Å². The molecule has 158 valence electrons. The molecule has 0 radical (unpaired) electrons. The zero-order valence-corrected chi connectivity index (χ0v) is 17.9. The lowest BCUT2D eigenvalue weighted by atomic mass is 10.1.